The molecular formula is C23H27F3N6O5. The van der Waals surface area contributed by atoms with Crippen LogP contribution in [0.2, 0.25) is 0 Å². The number of aliphatic imine (C=N–C) groups is 1. The number of carbonyl (C=O) groups is 3. The van der Waals surface area contributed by atoms with Crippen LogP contribution in [0.3, 0.4) is 0 Å². The molecule has 1 saturated heterocycles. The fourth-order valence-corrected chi connectivity index (χ4v) is 3.89. The largest absolute Gasteiger partial charge is 0.511 e. The Bertz CT molecular complexity index is 1140. The van der Waals surface area contributed by atoms with Crippen LogP contribution in [0.25, 0.3) is 0 Å². The number of rotatable bonds is 8. The second-order valence-corrected chi connectivity index (χ2v) is 8.21. The topological polar surface area (TPSA) is 150 Å². The zero-order valence-electron chi connectivity index (χ0n) is 19.9. The van der Waals surface area contributed by atoms with E-state index in [-0.39, 0.29) is 19.0 Å². The molecule has 5 N–H and O–H groups in total. The molecule has 1 fully saturated rings. The van der Waals surface area contributed by atoms with Gasteiger partial charge in [0.05, 0.1) is 35.6 Å². The van der Waals surface area contributed by atoms with Gasteiger partial charge in [0.2, 0.25) is 5.96 Å². The van der Waals surface area contributed by atoms with Gasteiger partial charge in [-0.05, 0) is 18.6 Å². The summed E-state index contributed by atoms with van der Waals surface area (Å²) in [6, 6.07) is 1.75. The molecule has 0 saturated carbocycles. The number of halogens is 3. The summed E-state index contributed by atoms with van der Waals surface area (Å²) in [5, 5.41) is 14.3. The summed E-state index contributed by atoms with van der Waals surface area (Å²) in [6.07, 6.45) is -3.79. The predicted molar refractivity (Wildman–Crippen MR) is 128 cm³/mol. The van der Waals surface area contributed by atoms with Crippen LogP contribution in [0.15, 0.2) is 47.8 Å². The molecule has 0 aromatic heterocycles. The number of alkyl halides is 3. The van der Waals surface area contributed by atoms with Gasteiger partial charge in [0.15, 0.2) is 5.76 Å². The number of hydrogen-bond donors (Lipinski definition) is 4. The molecule has 2 aliphatic heterocycles. The predicted octanol–water partition coefficient (Wildman–Crippen LogP) is 3.20. The zero-order valence-corrected chi connectivity index (χ0v) is 19.9. The number of carbonyl (C=O) groups excluding carboxylic acids is 2. The number of benzene rings is 1. The van der Waals surface area contributed by atoms with Gasteiger partial charge in [0.1, 0.15) is 6.17 Å². The average Bonchev–Trinajstić information content (AvgIpc) is 3.22. The normalized spacial score (nSPS) is 19.6. The third-order valence-corrected chi connectivity index (χ3v) is 5.65. The summed E-state index contributed by atoms with van der Waals surface area (Å²) in [6.45, 7) is 5.72. The maximum absolute atomic E-state index is 14.2. The Labute approximate surface area is 210 Å². The number of para-hydroxylation sites is 1. The lowest BCUT2D eigenvalue weighted by atomic mass is 10.0. The van der Waals surface area contributed by atoms with Crippen molar-refractivity contribution in [1.29, 1.82) is 0 Å². The van der Waals surface area contributed by atoms with E-state index in [2.05, 4.69) is 26.9 Å². The lowest BCUT2D eigenvalue weighted by Gasteiger charge is -2.38. The molecule has 14 heteroatoms. The Morgan fingerprint density at radius 3 is 2.70 bits per heavy atom. The van der Waals surface area contributed by atoms with E-state index in [1.54, 1.807) is 0 Å². The van der Waals surface area contributed by atoms with Crippen molar-refractivity contribution in [3.63, 3.8) is 0 Å². The Kier molecular flexibility index (Phi) is 8.42. The van der Waals surface area contributed by atoms with E-state index in [1.165, 1.54) is 12.1 Å². The molecule has 37 heavy (non-hydrogen) atoms. The van der Waals surface area contributed by atoms with Crippen LogP contribution in [-0.4, -0.2) is 59.4 Å². The number of carboxylic acid groups (broad SMARTS) is 1. The number of unbranched alkanes of at least 4 members (excludes halogenated alkanes) is 2. The fourth-order valence-electron chi connectivity index (χ4n) is 3.89. The second kappa shape index (κ2) is 11.3. The van der Waals surface area contributed by atoms with Crippen LogP contribution in [0.1, 0.15) is 42.1 Å². The highest BCUT2D eigenvalue weighted by Gasteiger charge is 2.44. The van der Waals surface area contributed by atoms with E-state index in [4.69, 9.17) is 10.8 Å². The van der Waals surface area contributed by atoms with Crippen molar-refractivity contribution in [2.24, 2.45) is 10.7 Å². The molecule has 1 aromatic rings. The first kappa shape index (κ1) is 27.5. The SMILES string of the molecule is C=CC1CN(C2=NC=C(OC(=O)O)C(N)N2c2c(C(=O)NCCCCC)cccc2C(F)(F)F)C(=O)N1. The van der Waals surface area contributed by atoms with Crippen molar-refractivity contribution >= 4 is 29.7 Å². The molecule has 3 amide bonds. The lowest BCUT2D eigenvalue weighted by molar-refractivity contribution is -0.137. The van der Waals surface area contributed by atoms with Gasteiger partial charge in [-0.2, -0.15) is 13.2 Å². The average molecular weight is 525 g/mol. The monoisotopic (exact) mass is 524 g/mol. The molecule has 200 valence electrons. The van der Waals surface area contributed by atoms with Crippen molar-refractivity contribution in [3.8, 4) is 0 Å². The molecular weight excluding hydrogens is 497 g/mol. The minimum Gasteiger partial charge on any atom is -0.449 e. The molecule has 3 rings (SSSR count). The quantitative estimate of drug-likeness (QED) is 0.232. The summed E-state index contributed by atoms with van der Waals surface area (Å²) in [5.41, 5.74) is 3.86. The number of amides is 3. The second-order valence-electron chi connectivity index (χ2n) is 8.21. The minimum absolute atomic E-state index is 0.0555. The van der Waals surface area contributed by atoms with Gasteiger partial charge in [-0.1, -0.05) is 31.9 Å². The first-order valence-electron chi connectivity index (χ1n) is 11.4. The molecule has 2 unspecified atom stereocenters. The Hall–Kier alpha value is -4.07. The van der Waals surface area contributed by atoms with Gasteiger partial charge in [-0.3, -0.25) is 14.6 Å². The molecule has 2 atom stereocenters. The highest BCUT2D eigenvalue weighted by molar-refractivity contribution is 6.12. The van der Waals surface area contributed by atoms with E-state index < -0.39 is 59.1 Å². The van der Waals surface area contributed by atoms with E-state index in [0.29, 0.717) is 6.42 Å². The number of nitrogens with two attached hydrogens (primary N) is 1. The fraction of sp³-hybridized carbons (Fsp3) is 0.391. The number of urea groups is 1. The van der Waals surface area contributed by atoms with Crippen molar-refractivity contribution in [2.45, 2.75) is 44.6 Å². The number of anilines is 1. The molecule has 11 nitrogen and oxygen atoms in total. The van der Waals surface area contributed by atoms with Crippen molar-refractivity contribution in [3.05, 3.63) is 53.9 Å². The van der Waals surface area contributed by atoms with Crippen LogP contribution >= 0.6 is 0 Å². The summed E-state index contributed by atoms with van der Waals surface area (Å²) in [4.78, 5) is 42.8. The standard InChI is InChI=1S/C23H27F3N6O5/c1-3-5-6-10-28-19(33)14-8-7-9-15(23(24,25)26)17(14)32-18(27)16(37-22(35)36)11-29-20(32)31-12-13(4-2)30-21(31)34/h4,7-9,11,13,18H,2-3,5-6,10,12,27H2,1H3,(H,28,33)(H,30,34)(H,35,36). The van der Waals surface area contributed by atoms with Gasteiger partial charge in [0, 0.05) is 6.54 Å². The summed E-state index contributed by atoms with van der Waals surface area (Å²) < 4.78 is 47.4. The van der Waals surface area contributed by atoms with Crippen LogP contribution in [0.4, 0.5) is 28.4 Å². The summed E-state index contributed by atoms with van der Waals surface area (Å²) in [5.74, 6) is -1.68. The van der Waals surface area contributed by atoms with Crippen LogP contribution in [0.5, 0.6) is 0 Å². The molecule has 0 spiro atoms. The minimum atomic E-state index is -4.95. The third-order valence-electron chi connectivity index (χ3n) is 5.65. The highest BCUT2D eigenvalue weighted by Crippen LogP contribution is 2.41. The lowest BCUT2D eigenvalue weighted by Crippen LogP contribution is -2.57. The van der Waals surface area contributed by atoms with Crippen LogP contribution in [0, 0.1) is 0 Å². The number of nitrogens with one attached hydrogen (secondary N) is 2. The number of ether oxygens (including phenoxy) is 1. The summed E-state index contributed by atoms with van der Waals surface area (Å²) >= 11 is 0. The summed E-state index contributed by atoms with van der Waals surface area (Å²) in [7, 11) is 0. The van der Waals surface area contributed by atoms with Gasteiger partial charge in [-0.25, -0.2) is 14.6 Å². The van der Waals surface area contributed by atoms with Gasteiger partial charge >= 0.3 is 18.4 Å². The zero-order chi connectivity index (χ0) is 27.3. The van der Waals surface area contributed by atoms with E-state index in [1.807, 2.05) is 6.92 Å². The maximum atomic E-state index is 14.2. The third kappa shape index (κ3) is 6.02. The Morgan fingerprint density at radius 1 is 1.38 bits per heavy atom. The van der Waals surface area contributed by atoms with Crippen LogP contribution in [-0.2, 0) is 10.9 Å². The van der Waals surface area contributed by atoms with E-state index in [9.17, 15) is 27.6 Å². The molecule has 2 aliphatic rings. The molecule has 0 bridgehead atoms. The van der Waals surface area contributed by atoms with E-state index in [0.717, 1.165) is 41.0 Å². The van der Waals surface area contributed by atoms with Crippen molar-refractivity contribution in [2.75, 3.05) is 18.0 Å². The Morgan fingerprint density at radius 2 is 2.11 bits per heavy atom. The van der Waals surface area contributed by atoms with E-state index >= 15 is 0 Å². The smallest absolute Gasteiger partial charge is 0.449 e. The van der Waals surface area contributed by atoms with Crippen molar-refractivity contribution in [1.82, 2.24) is 15.5 Å². The number of guanidine groups is 1. The molecule has 1 aromatic carbocycles. The molecule has 0 radical (unpaired) electrons. The number of nitrogens with zero attached hydrogens (tertiary/aromatic N) is 3. The van der Waals surface area contributed by atoms with Crippen LogP contribution < -0.4 is 21.3 Å². The highest BCUT2D eigenvalue weighted by atomic mass is 19.4. The van der Waals surface area contributed by atoms with Gasteiger partial charge in [0.25, 0.3) is 5.91 Å². The molecule has 0 aliphatic carbocycles. The van der Waals surface area contributed by atoms with Crippen molar-refractivity contribution < 1.29 is 37.4 Å². The van der Waals surface area contributed by atoms with Gasteiger partial charge < -0.3 is 26.2 Å². The first-order chi connectivity index (χ1) is 17.5. The Balaban J connectivity index is 2.18. The molecule has 2 heterocycles. The maximum Gasteiger partial charge on any atom is 0.511 e. The number of hydrogen-bond acceptors (Lipinski definition) is 7. The first-order valence-corrected chi connectivity index (χ1v) is 11.4. The van der Waals surface area contributed by atoms with Gasteiger partial charge in [-0.15, -0.1) is 6.58 Å².